The van der Waals surface area contributed by atoms with Gasteiger partial charge in [-0.15, -0.1) is 11.6 Å². The maximum atomic E-state index is 12.4. The van der Waals surface area contributed by atoms with Crippen LogP contribution in [0, 0.1) is 11.8 Å². The second kappa shape index (κ2) is 6.27. The van der Waals surface area contributed by atoms with Crippen molar-refractivity contribution in [3.8, 4) is 0 Å². The standard InChI is InChI=1S/C16H22ClNO2S/c17-10-14-5-2-6-15(14)11-18-21(19,20)16-8-7-12-3-1-4-13(12)9-16/h7-9,14-15,18H,1-6,10-11H2. The first kappa shape index (κ1) is 15.3. The van der Waals surface area contributed by atoms with Gasteiger partial charge in [-0.05, 0) is 67.2 Å². The molecule has 0 spiro atoms. The van der Waals surface area contributed by atoms with E-state index in [0.717, 1.165) is 38.5 Å². The summed E-state index contributed by atoms with van der Waals surface area (Å²) in [5.41, 5.74) is 2.49. The molecule has 1 fully saturated rings. The van der Waals surface area contributed by atoms with E-state index in [1.165, 1.54) is 11.1 Å². The Labute approximate surface area is 132 Å². The molecule has 0 aliphatic heterocycles. The molecule has 0 radical (unpaired) electrons. The SMILES string of the molecule is O=S(=O)(NCC1CCCC1CCl)c1ccc2c(c1)CCC2. The van der Waals surface area contributed by atoms with E-state index in [9.17, 15) is 8.42 Å². The number of nitrogens with one attached hydrogen (secondary N) is 1. The van der Waals surface area contributed by atoms with Gasteiger partial charge in [-0.25, -0.2) is 13.1 Å². The summed E-state index contributed by atoms with van der Waals surface area (Å²) in [6, 6.07) is 5.55. The first-order valence-corrected chi connectivity index (χ1v) is 9.79. The Hall–Kier alpha value is -0.580. The van der Waals surface area contributed by atoms with Gasteiger partial charge in [-0.2, -0.15) is 0 Å². The lowest BCUT2D eigenvalue weighted by Gasteiger charge is -2.18. The normalized spacial score (nSPS) is 25.2. The van der Waals surface area contributed by atoms with Crippen molar-refractivity contribution in [3.05, 3.63) is 29.3 Å². The minimum atomic E-state index is -3.39. The van der Waals surface area contributed by atoms with Crippen LogP contribution in [-0.2, 0) is 22.9 Å². The number of benzene rings is 1. The van der Waals surface area contributed by atoms with Crippen molar-refractivity contribution in [3.63, 3.8) is 0 Å². The first-order chi connectivity index (χ1) is 10.1. The van der Waals surface area contributed by atoms with E-state index in [1.807, 2.05) is 12.1 Å². The van der Waals surface area contributed by atoms with Gasteiger partial charge in [0.05, 0.1) is 4.90 Å². The van der Waals surface area contributed by atoms with Gasteiger partial charge < -0.3 is 0 Å². The van der Waals surface area contributed by atoms with Crippen LogP contribution < -0.4 is 4.72 Å². The first-order valence-electron chi connectivity index (χ1n) is 7.77. The van der Waals surface area contributed by atoms with E-state index in [4.69, 9.17) is 11.6 Å². The largest absolute Gasteiger partial charge is 0.240 e. The lowest BCUT2D eigenvalue weighted by Crippen LogP contribution is -2.31. The van der Waals surface area contributed by atoms with Crippen LogP contribution in [0.2, 0.25) is 0 Å². The van der Waals surface area contributed by atoms with Crippen molar-refractivity contribution in [2.45, 2.75) is 43.4 Å². The van der Waals surface area contributed by atoms with Crippen molar-refractivity contribution < 1.29 is 8.42 Å². The van der Waals surface area contributed by atoms with E-state index in [0.29, 0.717) is 29.2 Å². The Bertz CT molecular complexity index is 615. The fraction of sp³-hybridized carbons (Fsp3) is 0.625. The molecule has 2 atom stereocenters. The van der Waals surface area contributed by atoms with Crippen LogP contribution in [0.5, 0.6) is 0 Å². The van der Waals surface area contributed by atoms with Crippen LogP contribution in [0.1, 0.15) is 36.8 Å². The molecule has 21 heavy (non-hydrogen) atoms. The lowest BCUT2D eigenvalue weighted by molar-refractivity contribution is 0.418. The molecule has 1 aromatic carbocycles. The van der Waals surface area contributed by atoms with Crippen LogP contribution in [0.25, 0.3) is 0 Å². The number of alkyl halides is 1. The fourth-order valence-electron chi connectivity index (χ4n) is 3.60. The molecular weight excluding hydrogens is 306 g/mol. The number of sulfonamides is 1. The van der Waals surface area contributed by atoms with E-state index < -0.39 is 10.0 Å². The molecule has 1 N–H and O–H groups in total. The van der Waals surface area contributed by atoms with Crippen molar-refractivity contribution >= 4 is 21.6 Å². The molecule has 1 saturated carbocycles. The monoisotopic (exact) mass is 327 g/mol. The zero-order valence-corrected chi connectivity index (χ0v) is 13.7. The summed E-state index contributed by atoms with van der Waals surface area (Å²) in [7, 11) is -3.39. The van der Waals surface area contributed by atoms with Gasteiger partial charge in [-0.1, -0.05) is 12.5 Å². The van der Waals surface area contributed by atoms with E-state index in [1.54, 1.807) is 6.07 Å². The molecule has 0 amide bonds. The summed E-state index contributed by atoms with van der Waals surface area (Å²) in [5, 5.41) is 0. The third-order valence-corrected chi connectivity index (χ3v) is 6.75. The zero-order valence-electron chi connectivity index (χ0n) is 12.1. The molecule has 5 heteroatoms. The van der Waals surface area contributed by atoms with E-state index >= 15 is 0 Å². The minimum Gasteiger partial charge on any atom is -0.211 e. The molecule has 0 aromatic heterocycles. The summed E-state index contributed by atoms with van der Waals surface area (Å²) in [6.07, 6.45) is 6.55. The summed E-state index contributed by atoms with van der Waals surface area (Å²) < 4.78 is 27.7. The fourth-order valence-corrected chi connectivity index (χ4v) is 5.15. The number of halogens is 1. The minimum absolute atomic E-state index is 0.381. The second-order valence-electron chi connectivity index (χ2n) is 6.24. The van der Waals surface area contributed by atoms with Crippen molar-refractivity contribution in [2.75, 3.05) is 12.4 Å². The third-order valence-electron chi connectivity index (χ3n) is 4.93. The van der Waals surface area contributed by atoms with Crippen LogP contribution >= 0.6 is 11.6 Å². The summed E-state index contributed by atoms with van der Waals surface area (Å²) in [5.74, 6) is 1.46. The molecule has 0 bridgehead atoms. The molecule has 2 aliphatic rings. The smallest absolute Gasteiger partial charge is 0.211 e. The molecule has 0 saturated heterocycles. The van der Waals surface area contributed by atoms with Crippen LogP contribution in [0.15, 0.2) is 23.1 Å². The number of hydrogen-bond donors (Lipinski definition) is 1. The summed E-state index contributed by atoms with van der Waals surface area (Å²) in [6.45, 7) is 0.511. The van der Waals surface area contributed by atoms with Crippen molar-refractivity contribution in [2.24, 2.45) is 11.8 Å². The van der Waals surface area contributed by atoms with Crippen LogP contribution in [-0.4, -0.2) is 20.8 Å². The number of hydrogen-bond acceptors (Lipinski definition) is 2. The Morgan fingerprint density at radius 3 is 2.67 bits per heavy atom. The quantitative estimate of drug-likeness (QED) is 0.845. The van der Waals surface area contributed by atoms with E-state index in [2.05, 4.69) is 4.72 Å². The molecule has 2 aliphatic carbocycles. The highest BCUT2D eigenvalue weighted by atomic mass is 35.5. The summed E-state index contributed by atoms with van der Waals surface area (Å²) >= 11 is 5.96. The Morgan fingerprint density at radius 2 is 1.86 bits per heavy atom. The Kier molecular flexibility index (Phi) is 4.57. The lowest BCUT2D eigenvalue weighted by atomic mass is 9.98. The van der Waals surface area contributed by atoms with Gasteiger partial charge in [0.1, 0.15) is 0 Å². The number of rotatable bonds is 5. The topological polar surface area (TPSA) is 46.2 Å². The number of aryl methyl sites for hydroxylation is 2. The third kappa shape index (κ3) is 3.27. The highest BCUT2D eigenvalue weighted by Gasteiger charge is 2.28. The van der Waals surface area contributed by atoms with Gasteiger partial charge in [0.2, 0.25) is 10.0 Å². The van der Waals surface area contributed by atoms with Gasteiger partial charge >= 0.3 is 0 Å². The molecule has 3 rings (SSSR count). The van der Waals surface area contributed by atoms with Crippen LogP contribution in [0.4, 0.5) is 0 Å². The van der Waals surface area contributed by atoms with Gasteiger partial charge in [0.25, 0.3) is 0 Å². The highest BCUT2D eigenvalue weighted by Crippen LogP contribution is 2.32. The van der Waals surface area contributed by atoms with Crippen molar-refractivity contribution in [1.82, 2.24) is 4.72 Å². The van der Waals surface area contributed by atoms with Crippen molar-refractivity contribution in [1.29, 1.82) is 0 Å². The van der Waals surface area contributed by atoms with Gasteiger partial charge in [0, 0.05) is 12.4 Å². The molecular formula is C16H22ClNO2S. The molecule has 0 heterocycles. The summed E-state index contributed by atoms with van der Waals surface area (Å²) in [4.78, 5) is 0.406. The predicted octanol–water partition coefficient (Wildman–Crippen LogP) is 3.11. The predicted molar refractivity (Wildman–Crippen MR) is 85.2 cm³/mol. The second-order valence-corrected chi connectivity index (χ2v) is 8.32. The maximum absolute atomic E-state index is 12.4. The van der Waals surface area contributed by atoms with Crippen LogP contribution in [0.3, 0.4) is 0 Å². The van der Waals surface area contributed by atoms with E-state index in [-0.39, 0.29) is 0 Å². The molecule has 1 aromatic rings. The maximum Gasteiger partial charge on any atom is 0.240 e. The average molecular weight is 328 g/mol. The molecule has 3 nitrogen and oxygen atoms in total. The zero-order chi connectivity index (χ0) is 14.9. The highest BCUT2D eigenvalue weighted by molar-refractivity contribution is 7.89. The van der Waals surface area contributed by atoms with Gasteiger partial charge in [0.15, 0.2) is 0 Å². The number of fused-ring (bicyclic) bond motifs is 1. The molecule has 116 valence electrons. The average Bonchev–Trinajstić information content (AvgIpc) is 3.12. The van der Waals surface area contributed by atoms with Gasteiger partial charge in [-0.3, -0.25) is 0 Å². The Balaban J connectivity index is 1.69. The molecule has 2 unspecified atom stereocenters. The Morgan fingerprint density at radius 1 is 1.10 bits per heavy atom.